The van der Waals surface area contributed by atoms with Crippen LogP contribution in [0.15, 0.2) is 0 Å². The van der Waals surface area contributed by atoms with Crippen molar-refractivity contribution in [1.29, 1.82) is 0 Å². The van der Waals surface area contributed by atoms with Crippen LogP contribution in [0, 0.1) is 11.3 Å². The van der Waals surface area contributed by atoms with Gasteiger partial charge in [-0.05, 0) is 43.6 Å². The standard InChI is InChI=1S/C15H28N2O2/c1-14(2,3)11-6-8-17(10-11)12-5-7-15(16,9-12)13(18)19-4/h11-12H,5-10,16H2,1-4H3. The van der Waals surface area contributed by atoms with Crippen molar-refractivity contribution in [2.75, 3.05) is 20.2 Å². The van der Waals surface area contributed by atoms with Crippen LogP contribution in [0.1, 0.15) is 46.5 Å². The number of likely N-dealkylation sites (tertiary alicyclic amines) is 1. The Morgan fingerprint density at radius 3 is 2.58 bits per heavy atom. The average molecular weight is 268 g/mol. The van der Waals surface area contributed by atoms with Crippen LogP contribution >= 0.6 is 0 Å². The van der Waals surface area contributed by atoms with E-state index in [-0.39, 0.29) is 5.97 Å². The van der Waals surface area contributed by atoms with Crippen molar-refractivity contribution in [3.63, 3.8) is 0 Å². The summed E-state index contributed by atoms with van der Waals surface area (Å²) < 4.78 is 4.84. The zero-order valence-electron chi connectivity index (χ0n) is 12.7. The van der Waals surface area contributed by atoms with Gasteiger partial charge in [0, 0.05) is 12.6 Å². The maximum Gasteiger partial charge on any atom is 0.325 e. The number of nitrogens with two attached hydrogens (primary N) is 1. The van der Waals surface area contributed by atoms with Gasteiger partial charge in [0.1, 0.15) is 5.54 Å². The molecule has 1 saturated carbocycles. The lowest BCUT2D eigenvalue weighted by Crippen LogP contribution is -2.48. The lowest BCUT2D eigenvalue weighted by molar-refractivity contribution is -0.146. The molecule has 3 atom stereocenters. The maximum atomic E-state index is 11.8. The normalized spacial score (nSPS) is 36.7. The molecule has 110 valence electrons. The lowest BCUT2D eigenvalue weighted by atomic mass is 9.80. The first-order chi connectivity index (χ1) is 8.76. The summed E-state index contributed by atoms with van der Waals surface area (Å²) in [5.41, 5.74) is 5.81. The Hall–Kier alpha value is -0.610. The third kappa shape index (κ3) is 2.95. The van der Waals surface area contributed by atoms with Gasteiger partial charge in [0.05, 0.1) is 7.11 Å². The summed E-state index contributed by atoms with van der Waals surface area (Å²) in [7, 11) is 1.43. The van der Waals surface area contributed by atoms with E-state index in [0.29, 0.717) is 11.5 Å². The molecule has 0 radical (unpaired) electrons. The van der Waals surface area contributed by atoms with Gasteiger partial charge in [0.25, 0.3) is 0 Å². The van der Waals surface area contributed by atoms with Crippen LogP contribution in [-0.4, -0.2) is 42.6 Å². The predicted octanol–water partition coefficient (Wildman–Crippen LogP) is 1.78. The Morgan fingerprint density at radius 1 is 1.37 bits per heavy atom. The number of hydrogen-bond donors (Lipinski definition) is 1. The first-order valence-electron chi connectivity index (χ1n) is 7.37. The van der Waals surface area contributed by atoms with E-state index < -0.39 is 5.54 Å². The molecule has 1 aliphatic heterocycles. The number of rotatable bonds is 2. The Labute approximate surface area is 116 Å². The van der Waals surface area contributed by atoms with Gasteiger partial charge in [-0.25, -0.2) is 0 Å². The van der Waals surface area contributed by atoms with E-state index in [1.165, 1.54) is 13.5 Å². The van der Waals surface area contributed by atoms with E-state index in [4.69, 9.17) is 10.5 Å². The fraction of sp³-hybridized carbons (Fsp3) is 0.933. The highest BCUT2D eigenvalue weighted by Gasteiger charge is 2.46. The first kappa shape index (κ1) is 14.8. The average Bonchev–Trinajstić information content (AvgIpc) is 2.94. The highest BCUT2D eigenvalue weighted by atomic mass is 16.5. The Morgan fingerprint density at radius 2 is 2.05 bits per heavy atom. The molecule has 0 amide bonds. The van der Waals surface area contributed by atoms with Crippen molar-refractivity contribution >= 4 is 5.97 Å². The largest absolute Gasteiger partial charge is 0.468 e. The minimum atomic E-state index is -0.751. The van der Waals surface area contributed by atoms with E-state index in [1.54, 1.807) is 0 Å². The number of carbonyl (C=O) groups is 1. The van der Waals surface area contributed by atoms with Gasteiger partial charge < -0.3 is 10.5 Å². The summed E-state index contributed by atoms with van der Waals surface area (Å²) >= 11 is 0. The summed E-state index contributed by atoms with van der Waals surface area (Å²) in [6.07, 6.45) is 3.77. The van der Waals surface area contributed by atoms with Gasteiger partial charge in [0.2, 0.25) is 0 Å². The maximum absolute atomic E-state index is 11.8. The van der Waals surface area contributed by atoms with Crippen LogP contribution in [0.2, 0.25) is 0 Å². The summed E-state index contributed by atoms with van der Waals surface area (Å²) in [6, 6.07) is 0.455. The van der Waals surface area contributed by atoms with Gasteiger partial charge in [-0.15, -0.1) is 0 Å². The quantitative estimate of drug-likeness (QED) is 0.776. The van der Waals surface area contributed by atoms with Gasteiger partial charge in [-0.2, -0.15) is 0 Å². The molecule has 1 heterocycles. The summed E-state index contributed by atoms with van der Waals surface area (Å²) in [4.78, 5) is 14.3. The van der Waals surface area contributed by atoms with Crippen LogP contribution in [0.25, 0.3) is 0 Å². The summed E-state index contributed by atoms with van der Waals surface area (Å²) in [5.74, 6) is 0.500. The predicted molar refractivity (Wildman–Crippen MR) is 75.7 cm³/mol. The fourth-order valence-corrected chi connectivity index (χ4v) is 3.57. The molecule has 4 nitrogen and oxygen atoms in total. The molecule has 19 heavy (non-hydrogen) atoms. The van der Waals surface area contributed by atoms with Crippen LogP contribution in [0.4, 0.5) is 0 Å². The van der Waals surface area contributed by atoms with Gasteiger partial charge >= 0.3 is 5.97 Å². The zero-order valence-corrected chi connectivity index (χ0v) is 12.7. The third-order valence-corrected chi connectivity index (χ3v) is 5.08. The highest BCUT2D eigenvalue weighted by molar-refractivity contribution is 5.81. The van der Waals surface area contributed by atoms with E-state index in [0.717, 1.165) is 38.3 Å². The second-order valence-electron chi connectivity index (χ2n) is 7.39. The molecule has 0 aromatic carbocycles. The van der Waals surface area contributed by atoms with Crippen molar-refractivity contribution in [2.24, 2.45) is 17.1 Å². The number of carbonyl (C=O) groups excluding carboxylic acids is 1. The number of methoxy groups -OCH3 is 1. The molecule has 0 aromatic rings. The molecule has 2 rings (SSSR count). The number of ether oxygens (including phenoxy) is 1. The summed E-state index contributed by atoms with van der Waals surface area (Å²) in [6.45, 7) is 9.24. The number of esters is 1. The van der Waals surface area contributed by atoms with Crippen molar-refractivity contribution in [3.8, 4) is 0 Å². The Balaban J connectivity index is 1.94. The van der Waals surface area contributed by atoms with Crippen molar-refractivity contribution in [3.05, 3.63) is 0 Å². The van der Waals surface area contributed by atoms with Gasteiger partial charge in [0.15, 0.2) is 0 Å². The minimum Gasteiger partial charge on any atom is -0.468 e. The second kappa shape index (κ2) is 5.06. The molecule has 0 spiro atoms. The van der Waals surface area contributed by atoms with Gasteiger partial charge in [-0.1, -0.05) is 20.8 Å². The van der Waals surface area contributed by atoms with E-state index >= 15 is 0 Å². The first-order valence-corrected chi connectivity index (χ1v) is 7.37. The molecular formula is C15H28N2O2. The van der Waals surface area contributed by atoms with Crippen molar-refractivity contribution in [1.82, 2.24) is 4.90 Å². The molecule has 3 unspecified atom stereocenters. The topological polar surface area (TPSA) is 55.6 Å². The molecule has 0 bridgehead atoms. The minimum absolute atomic E-state index is 0.249. The third-order valence-electron chi connectivity index (χ3n) is 5.08. The van der Waals surface area contributed by atoms with Crippen LogP contribution in [0.3, 0.4) is 0 Å². The molecule has 2 fully saturated rings. The Kier molecular flexibility index (Phi) is 3.94. The smallest absolute Gasteiger partial charge is 0.325 e. The second-order valence-corrected chi connectivity index (χ2v) is 7.39. The fourth-order valence-electron chi connectivity index (χ4n) is 3.57. The highest BCUT2D eigenvalue weighted by Crippen LogP contribution is 2.39. The molecule has 1 aliphatic carbocycles. The molecule has 2 aliphatic rings. The molecule has 4 heteroatoms. The number of nitrogens with zero attached hydrogens (tertiary/aromatic N) is 1. The Bertz CT molecular complexity index is 351. The summed E-state index contributed by atoms with van der Waals surface area (Å²) in [5, 5.41) is 0. The number of hydrogen-bond acceptors (Lipinski definition) is 4. The van der Waals surface area contributed by atoms with Crippen LogP contribution in [-0.2, 0) is 9.53 Å². The molecular weight excluding hydrogens is 240 g/mol. The van der Waals surface area contributed by atoms with Crippen LogP contribution in [0.5, 0.6) is 0 Å². The van der Waals surface area contributed by atoms with Crippen molar-refractivity contribution in [2.45, 2.75) is 58.0 Å². The van der Waals surface area contributed by atoms with E-state index in [1.807, 2.05) is 0 Å². The van der Waals surface area contributed by atoms with E-state index in [9.17, 15) is 4.79 Å². The van der Waals surface area contributed by atoms with E-state index in [2.05, 4.69) is 25.7 Å². The lowest BCUT2D eigenvalue weighted by Gasteiger charge is -2.29. The SMILES string of the molecule is COC(=O)C1(N)CCC(N2CCC(C(C)(C)C)C2)C1. The molecule has 0 aromatic heterocycles. The molecule has 1 saturated heterocycles. The van der Waals surface area contributed by atoms with Crippen LogP contribution < -0.4 is 5.73 Å². The molecule has 2 N–H and O–H groups in total. The monoisotopic (exact) mass is 268 g/mol. The van der Waals surface area contributed by atoms with Gasteiger partial charge in [-0.3, -0.25) is 9.69 Å². The van der Waals surface area contributed by atoms with Crippen molar-refractivity contribution < 1.29 is 9.53 Å². The zero-order chi connectivity index (χ0) is 14.3.